The lowest BCUT2D eigenvalue weighted by molar-refractivity contribution is 0.292. The van der Waals surface area contributed by atoms with Gasteiger partial charge in [0.15, 0.2) is 0 Å². The Hall–Kier alpha value is -2.57. The maximum absolute atomic E-state index is 9.87. The number of anilines is 3. The molecule has 0 amide bonds. The fourth-order valence-corrected chi connectivity index (χ4v) is 2.25. The summed E-state index contributed by atoms with van der Waals surface area (Å²) in [7, 11) is 0. The van der Waals surface area contributed by atoms with Crippen molar-refractivity contribution < 1.29 is 10.2 Å². The molecule has 0 saturated heterocycles. The summed E-state index contributed by atoms with van der Waals surface area (Å²) >= 11 is 0. The first-order valence-electron chi connectivity index (χ1n) is 7.44. The molecular formula is C17H19ClN4O2. The van der Waals surface area contributed by atoms with Crippen LogP contribution in [0.5, 0.6) is 5.75 Å². The van der Waals surface area contributed by atoms with Gasteiger partial charge in [0.25, 0.3) is 0 Å². The quantitative estimate of drug-likeness (QED) is 0.404. The molecule has 0 aliphatic heterocycles. The fourth-order valence-electron chi connectivity index (χ4n) is 2.25. The lowest BCUT2D eigenvalue weighted by Gasteiger charge is -2.12. The molecule has 0 aliphatic carbocycles. The van der Waals surface area contributed by atoms with Crippen LogP contribution in [0.3, 0.4) is 0 Å². The average molecular weight is 347 g/mol. The van der Waals surface area contributed by atoms with Crippen LogP contribution in [-0.2, 0) is 0 Å². The van der Waals surface area contributed by atoms with Gasteiger partial charge in [-0.1, -0.05) is 24.3 Å². The van der Waals surface area contributed by atoms with E-state index in [1.807, 2.05) is 30.3 Å². The van der Waals surface area contributed by atoms with Crippen LogP contribution in [0.15, 0.2) is 48.5 Å². The number of para-hydroxylation sites is 3. The van der Waals surface area contributed by atoms with Crippen molar-refractivity contribution in [3.8, 4) is 5.75 Å². The molecule has 6 nitrogen and oxygen atoms in total. The number of phenols is 1. The summed E-state index contributed by atoms with van der Waals surface area (Å²) in [5.41, 5.74) is 1.34. The van der Waals surface area contributed by atoms with Gasteiger partial charge < -0.3 is 20.8 Å². The SMILES string of the molecule is Cl.OCCCNc1nc(Nc2ccccc2O)nc2ccccc12. The minimum absolute atomic E-state index is 0. The minimum atomic E-state index is 0. The van der Waals surface area contributed by atoms with E-state index < -0.39 is 0 Å². The summed E-state index contributed by atoms with van der Waals surface area (Å²) in [4.78, 5) is 8.96. The second-order valence-corrected chi connectivity index (χ2v) is 5.06. The summed E-state index contributed by atoms with van der Waals surface area (Å²) in [5.74, 6) is 1.23. The van der Waals surface area contributed by atoms with Crippen LogP contribution in [0.2, 0.25) is 0 Å². The Morgan fingerprint density at radius 2 is 1.71 bits per heavy atom. The van der Waals surface area contributed by atoms with E-state index in [-0.39, 0.29) is 24.8 Å². The Morgan fingerprint density at radius 3 is 2.50 bits per heavy atom. The van der Waals surface area contributed by atoms with Crippen molar-refractivity contribution in [3.05, 3.63) is 48.5 Å². The van der Waals surface area contributed by atoms with Gasteiger partial charge in [0.1, 0.15) is 11.6 Å². The van der Waals surface area contributed by atoms with Crippen molar-refractivity contribution in [1.82, 2.24) is 9.97 Å². The zero-order valence-electron chi connectivity index (χ0n) is 12.9. The second-order valence-electron chi connectivity index (χ2n) is 5.06. The third-order valence-corrected chi connectivity index (χ3v) is 3.38. The Labute approximate surface area is 146 Å². The van der Waals surface area contributed by atoms with Crippen LogP contribution in [0.4, 0.5) is 17.5 Å². The number of aliphatic hydroxyl groups is 1. The van der Waals surface area contributed by atoms with Crippen molar-refractivity contribution >= 4 is 40.8 Å². The predicted molar refractivity (Wildman–Crippen MR) is 98.4 cm³/mol. The lowest BCUT2D eigenvalue weighted by Crippen LogP contribution is -2.08. The fraction of sp³-hybridized carbons (Fsp3) is 0.176. The molecule has 0 spiro atoms. The molecule has 0 radical (unpaired) electrons. The van der Waals surface area contributed by atoms with Crippen molar-refractivity contribution in [1.29, 1.82) is 0 Å². The smallest absolute Gasteiger partial charge is 0.229 e. The maximum Gasteiger partial charge on any atom is 0.229 e. The number of fused-ring (bicyclic) bond motifs is 1. The zero-order valence-corrected chi connectivity index (χ0v) is 13.8. The highest BCUT2D eigenvalue weighted by Gasteiger charge is 2.08. The van der Waals surface area contributed by atoms with E-state index in [1.165, 1.54) is 0 Å². The highest BCUT2D eigenvalue weighted by atomic mass is 35.5. The molecular weight excluding hydrogens is 328 g/mol. The summed E-state index contributed by atoms with van der Waals surface area (Å²) in [6.07, 6.45) is 0.639. The number of phenolic OH excluding ortho intramolecular Hbond substituents is 1. The van der Waals surface area contributed by atoms with Gasteiger partial charge in [-0.2, -0.15) is 4.98 Å². The summed E-state index contributed by atoms with van der Waals surface area (Å²) in [5, 5.41) is 26.0. The molecule has 0 bridgehead atoms. The summed E-state index contributed by atoms with van der Waals surface area (Å²) < 4.78 is 0. The van der Waals surface area contributed by atoms with Crippen LogP contribution < -0.4 is 10.6 Å². The Kier molecular flexibility index (Phi) is 6.17. The van der Waals surface area contributed by atoms with Crippen LogP contribution >= 0.6 is 12.4 Å². The highest BCUT2D eigenvalue weighted by molar-refractivity contribution is 5.90. The monoisotopic (exact) mass is 346 g/mol. The molecule has 24 heavy (non-hydrogen) atoms. The van der Waals surface area contributed by atoms with Gasteiger partial charge in [-0.15, -0.1) is 12.4 Å². The standard InChI is InChI=1S/C17H18N4O2.ClH/c22-11-5-10-18-16-12-6-1-2-7-13(12)19-17(21-16)20-14-8-3-4-9-15(14)23;/h1-4,6-9,22-23H,5,10-11H2,(H2,18,19,20,21);1H. The second kappa shape index (κ2) is 8.33. The van der Waals surface area contributed by atoms with Gasteiger partial charge in [0.2, 0.25) is 5.95 Å². The number of aromatic nitrogens is 2. The topological polar surface area (TPSA) is 90.3 Å². The Morgan fingerprint density at radius 1 is 0.958 bits per heavy atom. The number of nitrogens with one attached hydrogen (secondary N) is 2. The predicted octanol–water partition coefficient (Wildman–Crippen LogP) is 3.30. The third-order valence-electron chi connectivity index (χ3n) is 3.38. The van der Waals surface area contributed by atoms with Gasteiger partial charge in [-0.05, 0) is 30.7 Å². The molecule has 1 heterocycles. The van der Waals surface area contributed by atoms with Crippen molar-refractivity contribution in [2.75, 3.05) is 23.8 Å². The normalized spacial score (nSPS) is 10.2. The molecule has 0 unspecified atom stereocenters. The first-order valence-corrected chi connectivity index (χ1v) is 7.44. The molecule has 126 valence electrons. The molecule has 2 aromatic carbocycles. The Balaban J connectivity index is 0.00000208. The molecule has 0 aliphatic rings. The molecule has 3 rings (SSSR count). The van der Waals surface area contributed by atoms with E-state index in [9.17, 15) is 5.11 Å². The summed E-state index contributed by atoms with van der Waals surface area (Å²) in [6.45, 7) is 0.743. The van der Waals surface area contributed by atoms with E-state index >= 15 is 0 Å². The largest absolute Gasteiger partial charge is 0.506 e. The molecule has 0 fully saturated rings. The van der Waals surface area contributed by atoms with Gasteiger partial charge in [0, 0.05) is 18.5 Å². The van der Waals surface area contributed by atoms with E-state index in [1.54, 1.807) is 18.2 Å². The number of aliphatic hydroxyl groups excluding tert-OH is 1. The van der Waals surface area contributed by atoms with Gasteiger partial charge in [-0.3, -0.25) is 0 Å². The van der Waals surface area contributed by atoms with E-state index in [2.05, 4.69) is 20.6 Å². The highest BCUT2D eigenvalue weighted by Crippen LogP contribution is 2.27. The van der Waals surface area contributed by atoms with Crippen LogP contribution in [0.25, 0.3) is 10.9 Å². The Bertz CT molecular complexity index is 813. The van der Waals surface area contributed by atoms with E-state index in [4.69, 9.17) is 5.11 Å². The maximum atomic E-state index is 9.87. The van der Waals surface area contributed by atoms with Crippen molar-refractivity contribution in [3.63, 3.8) is 0 Å². The van der Waals surface area contributed by atoms with Crippen molar-refractivity contribution in [2.24, 2.45) is 0 Å². The number of rotatable bonds is 6. The van der Waals surface area contributed by atoms with Crippen molar-refractivity contribution in [2.45, 2.75) is 6.42 Å². The van der Waals surface area contributed by atoms with Gasteiger partial charge in [-0.25, -0.2) is 4.98 Å². The number of hydrogen-bond acceptors (Lipinski definition) is 6. The van der Waals surface area contributed by atoms with Crippen LogP contribution in [0.1, 0.15) is 6.42 Å². The zero-order chi connectivity index (χ0) is 16.1. The number of aromatic hydroxyl groups is 1. The summed E-state index contributed by atoms with van der Waals surface area (Å²) in [6, 6.07) is 14.6. The molecule has 0 saturated carbocycles. The molecule has 4 N–H and O–H groups in total. The number of nitrogens with zero attached hydrogens (tertiary/aromatic N) is 2. The number of benzene rings is 2. The average Bonchev–Trinajstić information content (AvgIpc) is 2.57. The first kappa shape index (κ1) is 17.8. The van der Waals surface area contributed by atoms with Gasteiger partial charge >= 0.3 is 0 Å². The molecule has 0 atom stereocenters. The number of halogens is 1. The number of hydrogen-bond donors (Lipinski definition) is 4. The van der Waals surface area contributed by atoms with E-state index in [0.717, 1.165) is 10.9 Å². The lowest BCUT2D eigenvalue weighted by atomic mass is 10.2. The molecule has 3 aromatic rings. The molecule has 7 heteroatoms. The molecule has 1 aromatic heterocycles. The van der Waals surface area contributed by atoms with Gasteiger partial charge in [0.05, 0.1) is 11.2 Å². The first-order chi connectivity index (χ1) is 11.3. The van der Waals surface area contributed by atoms with Crippen LogP contribution in [-0.4, -0.2) is 33.3 Å². The minimum Gasteiger partial charge on any atom is -0.506 e. The third kappa shape index (κ3) is 4.04. The van der Waals surface area contributed by atoms with Crippen LogP contribution in [0, 0.1) is 0 Å². The van der Waals surface area contributed by atoms with E-state index in [0.29, 0.717) is 30.4 Å².